The Bertz CT molecular complexity index is 534. The van der Waals surface area contributed by atoms with E-state index in [0.717, 1.165) is 32.7 Å². The van der Waals surface area contributed by atoms with E-state index >= 15 is 0 Å². The smallest absolute Gasteiger partial charge is 0.344 e. The van der Waals surface area contributed by atoms with E-state index in [0.29, 0.717) is 15.8 Å². The van der Waals surface area contributed by atoms with Gasteiger partial charge in [0.1, 0.15) is 11.9 Å². The van der Waals surface area contributed by atoms with Crippen LogP contribution < -0.4 is 4.74 Å². The molecule has 1 saturated heterocycles. The first-order valence-corrected chi connectivity index (χ1v) is 8.38. The summed E-state index contributed by atoms with van der Waals surface area (Å²) in [4.78, 5) is 16.4. The Morgan fingerprint density at radius 2 is 1.96 bits per heavy atom. The van der Waals surface area contributed by atoms with Gasteiger partial charge in [-0.05, 0) is 32.2 Å². The van der Waals surface area contributed by atoms with Gasteiger partial charge < -0.3 is 14.4 Å². The first-order valence-electron chi connectivity index (χ1n) is 7.62. The second kappa shape index (κ2) is 8.73. The quantitative estimate of drug-likeness (QED) is 0.729. The standard InChI is InChI=1S/C16H22Cl2N2O3/c1-12(10-20-7-5-19(2)6-8-20)23-16(21)11-22-15-4-3-13(17)9-14(15)18/h3-4,9,12H,5-8,10-11H2,1-2H3. The molecule has 1 atom stereocenters. The lowest BCUT2D eigenvalue weighted by Crippen LogP contribution is -2.47. The minimum Gasteiger partial charge on any atom is -0.480 e. The Labute approximate surface area is 147 Å². The molecule has 7 heteroatoms. The molecule has 0 aliphatic carbocycles. The van der Waals surface area contributed by atoms with Gasteiger partial charge in [0.05, 0.1) is 5.02 Å². The summed E-state index contributed by atoms with van der Waals surface area (Å²) in [6.07, 6.45) is -0.171. The van der Waals surface area contributed by atoms with Gasteiger partial charge in [-0.3, -0.25) is 4.90 Å². The van der Waals surface area contributed by atoms with Gasteiger partial charge in [-0.1, -0.05) is 23.2 Å². The van der Waals surface area contributed by atoms with Crippen LogP contribution in [0.4, 0.5) is 0 Å². The van der Waals surface area contributed by atoms with Crippen molar-refractivity contribution >= 4 is 29.2 Å². The Morgan fingerprint density at radius 3 is 2.61 bits per heavy atom. The number of carbonyl (C=O) groups excluding carboxylic acids is 1. The maximum Gasteiger partial charge on any atom is 0.344 e. The molecule has 1 heterocycles. The van der Waals surface area contributed by atoms with Crippen LogP contribution in [0.5, 0.6) is 5.75 Å². The number of halogens is 2. The van der Waals surface area contributed by atoms with Crippen LogP contribution in [-0.2, 0) is 9.53 Å². The predicted molar refractivity (Wildman–Crippen MR) is 91.4 cm³/mol. The van der Waals surface area contributed by atoms with Crippen molar-refractivity contribution in [1.29, 1.82) is 0 Å². The highest BCUT2D eigenvalue weighted by molar-refractivity contribution is 6.35. The van der Waals surface area contributed by atoms with Crippen LogP contribution in [0.3, 0.4) is 0 Å². The number of piperazine rings is 1. The van der Waals surface area contributed by atoms with Crippen molar-refractivity contribution in [1.82, 2.24) is 9.80 Å². The number of esters is 1. The van der Waals surface area contributed by atoms with Gasteiger partial charge in [-0.2, -0.15) is 0 Å². The lowest BCUT2D eigenvalue weighted by Gasteiger charge is -2.33. The fourth-order valence-corrected chi connectivity index (χ4v) is 2.88. The highest BCUT2D eigenvalue weighted by Gasteiger charge is 2.18. The highest BCUT2D eigenvalue weighted by Crippen LogP contribution is 2.27. The van der Waals surface area contributed by atoms with Crippen molar-refractivity contribution in [2.45, 2.75) is 13.0 Å². The normalized spacial score (nSPS) is 17.7. The van der Waals surface area contributed by atoms with Crippen LogP contribution in [0.1, 0.15) is 6.92 Å². The maximum atomic E-state index is 11.9. The molecule has 1 fully saturated rings. The van der Waals surface area contributed by atoms with E-state index in [-0.39, 0.29) is 12.7 Å². The largest absolute Gasteiger partial charge is 0.480 e. The number of rotatable bonds is 6. The van der Waals surface area contributed by atoms with Crippen LogP contribution in [0.25, 0.3) is 0 Å². The Morgan fingerprint density at radius 1 is 1.26 bits per heavy atom. The van der Waals surface area contributed by atoms with Gasteiger partial charge in [0.2, 0.25) is 0 Å². The van der Waals surface area contributed by atoms with Crippen LogP contribution in [0.15, 0.2) is 18.2 Å². The van der Waals surface area contributed by atoms with Crippen LogP contribution in [0, 0.1) is 0 Å². The Balaban J connectivity index is 1.71. The topological polar surface area (TPSA) is 42.0 Å². The predicted octanol–water partition coefficient (Wildman–Crippen LogP) is 2.55. The van der Waals surface area contributed by atoms with Gasteiger partial charge in [-0.25, -0.2) is 4.79 Å². The number of nitrogens with zero attached hydrogens (tertiary/aromatic N) is 2. The van der Waals surface area contributed by atoms with Crippen molar-refractivity contribution in [3.8, 4) is 5.75 Å². The molecule has 0 amide bonds. The molecule has 1 aromatic carbocycles. The van der Waals surface area contributed by atoms with Crippen molar-refractivity contribution < 1.29 is 14.3 Å². The third-order valence-electron chi connectivity index (χ3n) is 3.68. The first kappa shape index (κ1) is 18.3. The molecule has 128 valence electrons. The molecular weight excluding hydrogens is 339 g/mol. The third-order valence-corrected chi connectivity index (χ3v) is 4.21. The van der Waals surface area contributed by atoms with Crippen LogP contribution in [0.2, 0.25) is 10.0 Å². The average molecular weight is 361 g/mol. The summed E-state index contributed by atoms with van der Waals surface area (Å²) in [5, 5.41) is 0.890. The van der Waals surface area contributed by atoms with E-state index in [9.17, 15) is 4.79 Å². The fourth-order valence-electron chi connectivity index (χ4n) is 2.42. The minimum atomic E-state index is -0.405. The summed E-state index contributed by atoms with van der Waals surface area (Å²) in [6.45, 7) is 6.53. The Kier molecular flexibility index (Phi) is 6.96. The summed E-state index contributed by atoms with van der Waals surface area (Å²) in [5.74, 6) is 0.0115. The molecule has 0 spiro atoms. The van der Waals surface area contributed by atoms with E-state index in [1.165, 1.54) is 0 Å². The summed E-state index contributed by atoms with van der Waals surface area (Å²) >= 11 is 11.8. The number of carbonyl (C=O) groups is 1. The number of ether oxygens (including phenoxy) is 2. The molecule has 0 aromatic heterocycles. The Hall–Kier alpha value is -1.01. The number of hydrogen-bond donors (Lipinski definition) is 0. The lowest BCUT2D eigenvalue weighted by atomic mass is 10.3. The summed E-state index contributed by atoms with van der Waals surface area (Å²) in [7, 11) is 2.11. The zero-order valence-electron chi connectivity index (χ0n) is 13.4. The van der Waals surface area contributed by atoms with Gasteiger partial charge in [0.15, 0.2) is 6.61 Å². The molecule has 0 bridgehead atoms. The number of likely N-dealkylation sites (N-methyl/N-ethyl adjacent to an activating group) is 1. The monoisotopic (exact) mass is 360 g/mol. The second-order valence-corrected chi connectivity index (χ2v) is 6.61. The van der Waals surface area contributed by atoms with E-state index in [1.807, 2.05) is 6.92 Å². The number of hydrogen-bond acceptors (Lipinski definition) is 5. The molecule has 2 rings (SSSR count). The zero-order chi connectivity index (χ0) is 16.8. The summed E-state index contributed by atoms with van der Waals surface area (Å²) in [6, 6.07) is 4.86. The molecule has 1 aliphatic rings. The van der Waals surface area contributed by atoms with E-state index in [1.54, 1.807) is 18.2 Å². The molecule has 23 heavy (non-hydrogen) atoms. The van der Waals surface area contributed by atoms with Crippen LogP contribution >= 0.6 is 23.2 Å². The highest BCUT2D eigenvalue weighted by atomic mass is 35.5. The lowest BCUT2D eigenvalue weighted by molar-refractivity contribution is -0.151. The minimum absolute atomic E-state index is 0.171. The molecule has 0 N–H and O–H groups in total. The molecule has 0 saturated carbocycles. The zero-order valence-corrected chi connectivity index (χ0v) is 14.9. The summed E-state index contributed by atoms with van der Waals surface area (Å²) < 4.78 is 10.8. The van der Waals surface area contributed by atoms with Crippen molar-refractivity contribution in [3.05, 3.63) is 28.2 Å². The average Bonchev–Trinajstić information content (AvgIpc) is 2.48. The second-order valence-electron chi connectivity index (χ2n) is 5.77. The molecule has 1 aromatic rings. The molecule has 0 radical (unpaired) electrons. The van der Waals surface area contributed by atoms with Crippen LogP contribution in [-0.4, -0.2) is 68.3 Å². The van der Waals surface area contributed by atoms with E-state index in [2.05, 4.69) is 16.8 Å². The van der Waals surface area contributed by atoms with Crippen molar-refractivity contribution in [3.63, 3.8) is 0 Å². The fraction of sp³-hybridized carbons (Fsp3) is 0.562. The van der Waals surface area contributed by atoms with E-state index in [4.69, 9.17) is 32.7 Å². The summed E-state index contributed by atoms with van der Waals surface area (Å²) in [5.41, 5.74) is 0. The van der Waals surface area contributed by atoms with Crippen molar-refractivity contribution in [2.75, 3.05) is 46.4 Å². The molecular formula is C16H22Cl2N2O3. The van der Waals surface area contributed by atoms with Gasteiger partial charge >= 0.3 is 5.97 Å². The van der Waals surface area contributed by atoms with Gasteiger partial charge in [-0.15, -0.1) is 0 Å². The molecule has 1 aliphatic heterocycles. The van der Waals surface area contributed by atoms with E-state index < -0.39 is 5.97 Å². The molecule has 1 unspecified atom stereocenters. The molecule has 5 nitrogen and oxygen atoms in total. The first-order chi connectivity index (χ1) is 10.9. The number of benzene rings is 1. The maximum absolute atomic E-state index is 11.9. The van der Waals surface area contributed by atoms with Crippen molar-refractivity contribution in [2.24, 2.45) is 0 Å². The van der Waals surface area contributed by atoms with Gasteiger partial charge in [0.25, 0.3) is 0 Å². The van der Waals surface area contributed by atoms with Gasteiger partial charge in [0, 0.05) is 37.7 Å². The SMILES string of the molecule is CC(CN1CCN(C)CC1)OC(=O)COc1ccc(Cl)cc1Cl. The third kappa shape index (κ3) is 6.18.